The number of pyridine rings is 2. The lowest BCUT2D eigenvalue weighted by Gasteiger charge is -2.18. The zero-order chi connectivity index (χ0) is 27.0. The van der Waals surface area contributed by atoms with Crippen molar-refractivity contribution in [1.29, 1.82) is 0 Å². The maximum atomic E-state index is 12.2. The molecule has 0 aliphatic carbocycles. The van der Waals surface area contributed by atoms with Gasteiger partial charge in [-0.2, -0.15) is 4.31 Å². The number of carbonyl (C=O) groups excluding carboxylic acids is 3. The summed E-state index contributed by atoms with van der Waals surface area (Å²) in [5.74, 6) is -0.686. The standard InChI is InChI=1S/C14H17N3O3.C11H14N2O3S/c1-8(2)6-10(13(15)18)17-14(19)12-7-9-11(20-12)4-3-5-16-9;14-10-5-2-4-8-13(9-10)17(15,16)11-6-1-3-7-12-11/h3-5,7-8,10H,6H2,1-2H3,(H2,15,18)(H,17,19);1,3,6-7H,2,4-5,8-9H2. The Morgan fingerprint density at radius 1 is 1.14 bits per heavy atom. The number of hydrogen-bond acceptors (Lipinski definition) is 8. The van der Waals surface area contributed by atoms with Crippen molar-refractivity contribution >= 4 is 38.7 Å². The third-order valence-corrected chi connectivity index (χ3v) is 7.34. The number of nitrogens with one attached hydrogen (secondary N) is 1. The van der Waals surface area contributed by atoms with Gasteiger partial charge in [-0.1, -0.05) is 19.9 Å². The number of carbonyl (C=O) groups is 3. The van der Waals surface area contributed by atoms with Crippen molar-refractivity contribution < 1.29 is 27.2 Å². The molecular weight excluding hydrogens is 498 g/mol. The van der Waals surface area contributed by atoms with Gasteiger partial charge in [-0.05, 0) is 49.4 Å². The number of aromatic nitrogens is 2. The average Bonchev–Trinajstić information content (AvgIpc) is 3.18. The Morgan fingerprint density at radius 2 is 1.89 bits per heavy atom. The Bertz CT molecular complexity index is 1310. The summed E-state index contributed by atoms with van der Waals surface area (Å²) in [6.45, 7) is 4.27. The Hall–Kier alpha value is -3.64. The number of amides is 2. The van der Waals surface area contributed by atoms with Crippen LogP contribution in [-0.4, -0.2) is 59.4 Å². The topological polar surface area (TPSA) is 166 Å². The molecule has 2 amide bonds. The second kappa shape index (κ2) is 12.5. The van der Waals surface area contributed by atoms with Crippen LogP contribution in [0.25, 0.3) is 11.1 Å². The Balaban J connectivity index is 0.000000208. The molecule has 198 valence electrons. The molecule has 4 heterocycles. The zero-order valence-electron chi connectivity index (χ0n) is 20.8. The molecule has 3 aromatic heterocycles. The van der Waals surface area contributed by atoms with Crippen LogP contribution in [0.5, 0.6) is 0 Å². The number of nitrogens with two attached hydrogens (primary N) is 1. The van der Waals surface area contributed by atoms with Crippen LogP contribution < -0.4 is 11.1 Å². The van der Waals surface area contributed by atoms with Gasteiger partial charge in [-0.15, -0.1) is 0 Å². The van der Waals surface area contributed by atoms with Gasteiger partial charge in [0.15, 0.2) is 16.4 Å². The van der Waals surface area contributed by atoms with E-state index in [9.17, 15) is 22.8 Å². The molecule has 1 atom stereocenters. The van der Waals surface area contributed by atoms with Crippen LogP contribution in [0.4, 0.5) is 0 Å². The summed E-state index contributed by atoms with van der Waals surface area (Å²) in [6, 6.07) is 9.01. The minimum absolute atomic E-state index is 0.00898. The Kier molecular flexibility index (Phi) is 9.48. The summed E-state index contributed by atoms with van der Waals surface area (Å²) in [5, 5.41) is 2.60. The maximum absolute atomic E-state index is 12.2. The first kappa shape index (κ1) is 27.9. The van der Waals surface area contributed by atoms with Crippen molar-refractivity contribution in [3.8, 4) is 0 Å². The van der Waals surface area contributed by atoms with E-state index in [1.807, 2.05) is 13.8 Å². The fraction of sp³-hybridized carbons (Fsp3) is 0.400. The highest BCUT2D eigenvalue weighted by molar-refractivity contribution is 7.89. The molecule has 1 aliphatic rings. The Morgan fingerprint density at radius 3 is 2.54 bits per heavy atom. The van der Waals surface area contributed by atoms with Gasteiger partial charge in [0, 0.05) is 31.4 Å². The van der Waals surface area contributed by atoms with Crippen LogP contribution in [-0.2, 0) is 19.6 Å². The van der Waals surface area contributed by atoms with E-state index >= 15 is 0 Å². The number of furan rings is 1. The van der Waals surface area contributed by atoms with E-state index in [1.54, 1.807) is 30.5 Å². The highest BCUT2D eigenvalue weighted by atomic mass is 32.2. The number of hydrogen-bond donors (Lipinski definition) is 2. The number of fused-ring (bicyclic) bond motifs is 1. The molecule has 0 bridgehead atoms. The number of ketones is 1. The third-order valence-electron chi connectivity index (χ3n) is 5.57. The molecule has 37 heavy (non-hydrogen) atoms. The Labute approximate surface area is 215 Å². The van der Waals surface area contributed by atoms with Crippen molar-refractivity contribution in [2.75, 3.05) is 13.1 Å². The molecule has 1 saturated heterocycles. The molecule has 0 radical (unpaired) electrons. The van der Waals surface area contributed by atoms with Crippen LogP contribution >= 0.6 is 0 Å². The second-order valence-corrected chi connectivity index (χ2v) is 10.9. The maximum Gasteiger partial charge on any atom is 0.287 e. The van der Waals surface area contributed by atoms with Gasteiger partial charge in [-0.3, -0.25) is 19.4 Å². The lowest BCUT2D eigenvalue weighted by Crippen LogP contribution is -2.45. The smallest absolute Gasteiger partial charge is 0.287 e. The number of nitrogens with zero attached hydrogens (tertiary/aromatic N) is 3. The van der Waals surface area contributed by atoms with Gasteiger partial charge >= 0.3 is 0 Å². The quantitative estimate of drug-likeness (QED) is 0.470. The molecular formula is C25H31N5O6S. The van der Waals surface area contributed by atoms with Crippen LogP contribution in [0.3, 0.4) is 0 Å². The number of rotatable bonds is 7. The van der Waals surface area contributed by atoms with Gasteiger partial charge in [0.1, 0.15) is 17.3 Å². The van der Waals surface area contributed by atoms with Crippen molar-refractivity contribution in [2.24, 2.45) is 11.7 Å². The number of Topliss-reactive ketones (excluding diaryl/α,β-unsaturated/α-hetero) is 1. The second-order valence-electron chi connectivity index (χ2n) is 9.06. The van der Waals surface area contributed by atoms with Crippen molar-refractivity contribution in [2.45, 2.75) is 50.6 Å². The molecule has 0 spiro atoms. The SMILES string of the molecule is CC(C)CC(NC(=O)c1cc2ncccc2o1)C(N)=O.O=C1CCCCN(S(=O)(=O)c2ccccn2)C1. The van der Waals surface area contributed by atoms with E-state index in [0.717, 1.165) is 12.8 Å². The minimum Gasteiger partial charge on any atom is -0.449 e. The zero-order valence-corrected chi connectivity index (χ0v) is 21.6. The van der Waals surface area contributed by atoms with Crippen LogP contribution in [0, 0.1) is 5.92 Å². The van der Waals surface area contributed by atoms with Crippen LogP contribution in [0.2, 0.25) is 0 Å². The summed E-state index contributed by atoms with van der Waals surface area (Å²) >= 11 is 0. The van der Waals surface area contributed by atoms with Crippen molar-refractivity contribution in [3.05, 3.63) is 54.6 Å². The monoisotopic (exact) mass is 529 g/mol. The summed E-state index contributed by atoms with van der Waals surface area (Å²) < 4.78 is 31.0. The first-order valence-corrected chi connectivity index (χ1v) is 13.4. The lowest BCUT2D eigenvalue weighted by atomic mass is 10.0. The van der Waals surface area contributed by atoms with Gasteiger partial charge in [0.05, 0.1) is 6.54 Å². The number of sulfonamides is 1. The van der Waals surface area contributed by atoms with Gasteiger partial charge in [0.2, 0.25) is 5.91 Å². The summed E-state index contributed by atoms with van der Waals surface area (Å²) in [4.78, 5) is 42.8. The molecule has 1 unspecified atom stereocenters. The van der Waals surface area contributed by atoms with E-state index in [-0.39, 0.29) is 29.0 Å². The fourth-order valence-electron chi connectivity index (χ4n) is 3.73. The van der Waals surface area contributed by atoms with E-state index in [4.69, 9.17) is 10.2 Å². The number of primary amides is 1. The van der Waals surface area contributed by atoms with Crippen molar-refractivity contribution in [3.63, 3.8) is 0 Å². The molecule has 12 heteroatoms. The predicted molar refractivity (Wildman–Crippen MR) is 136 cm³/mol. The third kappa shape index (κ3) is 7.67. The van der Waals surface area contributed by atoms with E-state index < -0.39 is 27.9 Å². The molecule has 1 fully saturated rings. The predicted octanol–water partition coefficient (Wildman–Crippen LogP) is 2.28. The van der Waals surface area contributed by atoms with Gasteiger partial charge in [-0.25, -0.2) is 13.4 Å². The summed E-state index contributed by atoms with van der Waals surface area (Å²) in [6.07, 6.45) is 5.48. The fourth-order valence-corrected chi connectivity index (χ4v) is 5.12. The first-order valence-electron chi connectivity index (χ1n) is 12.0. The van der Waals surface area contributed by atoms with E-state index in [1.165, 1.54) is 22.6 Å². The highest BCUT2D eigenvalue weighted by Gasteiger charge is 2.28. The van der Waals surface area contributed by atoms with Crippen molar-refractivity contribution in [1.82, 2.24) is 19.6 Å². The minimum atomic E-state index is -3.62. The molecule has 0 saturated carbocycles. The lowest BCUT2D eigenvalue weighted by molar-refractivity contribution is -0.120. The summed E-state index contributed by atoms with van der Waals surface area (Å²) in [7, 11) is -3.62. The van der Waals surface area contributed by atoms with Gasteiger partial charge < -0.3 is 15.5 Å². The largest absolute Gasteiger partial charge is 0.449 e. The molecule has 3 aromatic rings. The molecule has 3 N–H and O–H groups in total. The van der Waals surface area contributed by atoms with E-state index in [2.05, 4.69) is 15.3 Å². The van der Waals surface area contributed by atoms with Crippen LogP contribution in [0.15, 0.2) is 58.2 Å². The molecule has 1 aliphatic heterocycles. The highest BCUT2D eigenvalue weighted by Crippen LogP contribution is 2.18. The molecule has 11 nitrogen and oxygen atoms in total. The normalized spacial score (nSPS) is 15.5. The molecule has 4 rings (SSSR count). The summed E-state index contributed by atoms with van der Waals surface area (Å²) in [5.41, 5.74) is 6.41. The average molecular weight is 530 g/mol. The van der Waals surface area contributed by atoms with Gasteiger partial charge in [0.25, 0.3) is 15.9 Å². The van der Waals surface area contributed by atoms with E-state index in [0.29, 0.717) is 30.5 Å². The van der Waals surface area contributed by atoms with Crippen LogP contribution in [0.1, 0.15) is 50.1 Å². The first-order chi connectivity index (χ1) is 17.6. The molecule has 0 aromatic carbocycles.